The van der Waals surface area contributed by atoms with Crippen LogP contribution in [0.3, 0.4) is 0 Å². The molecular weight excluding hydrogens is 364 g/mol. The fourth-order valence-electron chi connectivity index (χ4n) is 3.83. The lowest BCUT2D eigenvalue weighted by Gasteiger charge is -2.17. The molecule has 0 aromatic heterocycles. The van der Waals surface area contributed by atoms with Crippen LogP contribution in [0.1, 0.15) is 28.8 Å². The number of carbonyl (C=O) groups is 2. The van der Waals surface area contributed by atoms with E-state index in [4.69, 9.17) is 4.74 Å². The van der Waals surface area contributed by atoms with Gasteiger partial charge < -0.3 is 15.0 Å². The molecular formula is C24H24N2O3. The largest absolute Gasteiger partial charge is 0.497 e. The summed E-state index contributed by atoms with van der Waals surface area (Å²) in [6, 6.07) is 19.6. The molecule has 1 aliphatic rings. The zero-order valence-electron chi connectivity index (χ0n) is 16.5. The Balaban J connectivity index is 1.26. The van der Waals surface area contributed by atoms with Gasteiger partial charge in [0.1, 0.15) is 5.75 Å². The number of nitrogens with one attached hydrogen (secondary N) is 1. The number of amides is 2. The summed E-state index contributed by atoms with van der Waals surface area (Å²) < 4.78 is 5.15. The SMILES string of the molecule is COc1ccc(CCNC(=O)CCCN2C(=O)c3cccc4cccc2c34)cc1. The van der Waals surface area contributed by atoms with Gasteiger partial charge in [-0.1, -0.05) is 36.4 Å². The molecule has 0 unspecified atom stereocenters. The average molecular weight is 388 g/mol. The van der Waals surface area contributed by atoms with Crippen molar-refractivity contribution in [3.63, 3.8) is 0 Å². The molecule has 3 aromatic carbocycles. The Morgan fingerprint density at radius 3 is 2.55 bits per heavy atom. The number of methoxy groups -OCH3 is 1. The fraction of sp³-hybridized carbons (Fsp3) is 0.250. The smallest absolute Gasteiger partial charge is 0.258 e. The van der Waals surface area contributed by atoms with Gasteiger partial charge in [0.2, 0.25) is 5.91 Å². The van der Waals surface area contributed by atoms with Crippen molar-refractivity contribution in [1.82, 2.24) is 5.32 Å². The molecule has 0 saturated carbocycles. The second-order valence-electron chi connectivity index (χ2n) is 7.19. The summed E-state index contributed by atoms with van der Waals surface area (Å²) in [5.41, 5.74) is 2.85. The van der Waals surface area contributed by atoms with Gasteiger partial charge in [-0.15, -0.1) is 0 Å². The van der Waals surface area contributed by atoms with Crippen molar-refractivity contribution in [2.24, 2.45) is 0 Å². The minimum absolute atomic E-state index is 0.0147. The van der Waals surface area contributed by atoms with E-state index in [1.807, 2.05) is 60.7 Å². The highest BCUT2D eigenvalue weighted by Gasteiger charge is 2.28. The summed E-state index contributed by atoms with van der Waals surface area (Å²) in [5, 5.41) is 5.05. The first-order valence-corrected chi connectivity index (χ1v) is 9.90. The number of hydrogen-bond acceptors (Lipinski definition) is 3. The number of ether oxygens (including phenoxy) is 1. The van der Waals surface area contributed by atoms with E-state index in [1.165, 1.54) is 0 Å². The topological polar surface area (TPSA) is 58.6 Å². The van der Waals surface area contributed by atoms with E-state index >= 15 is 0 Å². The van der Waals surface area contributed by atoms with Crippen LogP contribution in [0, 0.1) is 0 Å². The van der Waals surface area contributed by atoms with Gasteiger partial charge in [-0.2, -0.15) is 0 Å². The van der Waals surface area contributed by atoms with Gasteiger partial charge in [0.15, 0.2) is 0 Å². The molecule has 29 heavy (non-hydrogen) atoms. The monoisotopic (exact) mass is 388 g/mol. The van der Waals surface area contributed by atoms with E-state index < -0.39 is 0 Å². The molecule has 148 valence electrons. The Hall–Kier alpha value is -3.34. The number of benzene rings is 3. The van der Waals surface area contributed by atoms with E-state index in [9.17, 15) is 9.59 Å². The molecule has 5 heteroatoms. The zero-order valence-corrected chi connectivity index (χ0v) is 16.5. The van der Waals surface area contributed by atoms with E-state index in [2.05, 4.69) is 5.32 Å². The Labute approximate surface area is 170 Å². The molecule has 0 atom stereocenters. The quantitative estimate of drug-likeness (QED) is 0.636. The predicted molar refractivity (Wildman–Crippen MR) is 115 cm³/mol. The van der Waals surface area contributed by atoms with Crippen LogP contribution in [0.25, 0.3) is 10.8 Å². The first-order valence-electron chi connectivity index (χ1n) is 9.90. The lowest BCUT2D eigenvalue weighted by atomic mass is 10.1. The van der Waals surface area contributed by atoms with Crippen LogP contribution < -0.4 is 15.0 Å². The maximum atomic E-state index is 12.7. The zero-order chi connectivity index (χ0) is 20.2. The van der Waals surface area contributed by atoms with Crippen LogP contribution in [0.2, 0.25) is 0 Å². The Morgan fingerprint density at radius 2 is 1.79 bits per heavy atom. The highest BCUT2D eigenvalue weighted by molar-refractivity contribution is 6.25. The summed E-state index contributed by atoms with van der Waals surface area (Å²) in [4.78, 5) is 26.7. The van der Waals surface area contributed by atoms with Gasteiger partial charge in [-0.25, -0.2) is 0 Å². The lowest BCUT2D eigenvalue weighted by Crippen LogP contribution is -2.30. The maximum Gasteiger partial charge on any atom is 0.258 e. The predicted octanol–water partition coefficient (Wildman–Crippen LogP) is 3.95. The first-order chi connectivity index (χ1) is 14.2. The maximum absolute atomic E-state index is 12.7. The van der Waals surface area contributed by atoms with Crippen molar-refractivity contribution in [3.8, 4) is 5.75 Å². The van der Waals surface area contributed by atoms with Crippen LogP contribution in [-0.2, 0) is 11.2 Å². The van der Waals surface area contributed by atoms with Crippen molar-refractivity contribution in [2.75, 3.05) is 25.1 Å². The minimum Gasteiger partial charge on any atom is -0.497 e. The molecule has 0 saturated heterocycles. The van der Waals surface area contributed by atoms with Gasteiger partial charge in [0, 0.05) is 30.5 Å². The molecule has 1 aliphatic heterocycles. The van der Waals surface area contributed by atoms with E-state index in [-0.39, 0.29) is 11.8 Å². The standard InChI is InChI=1S/C24H24N2O3/c1-29-19-12-10-17(11-13-19)14-15-25-22(27)9-4-16-26-21-8-3-6-18-5-2-7-20(23(18)21)24(26)28/h2-3,5-8,10-13H,4,9,14-16H2,1H3,(H,25,27). The van der Waals surface area contributed by atoms with Crippen molar-refractivity contribution in [2.45, 2.75) is 19.3 Å². The third kappa shape index (κ3) is 3.94. The third-order valence-corrected chi connectivity index (χ3v) is 5.33. The summed E-state index contributed by atoms with van der Waals surface area (Å²) in [6.45, 7) is 1.14. The van der Waals surface area contributed by atoms with Crippen LogP contribution >= 0.6 is 0 Å². The second kappa shape index (κ2) is 8.35. The highest BCUT2D eigenvalue weighted by Crippen LogP contribution is 2.37. The summed E-state index contributed by atoms with van der Waals surface area (Å²) in [6.07, 6.45) is 1.81. The number of hydrogen-bond donors (Lipinski definition) is 1. The molecule has 3 aromatic rings. The summed E-state index contributed by atoms with van der Waals surface area (Å²) in [5.74, 6) is 0.865. The molecule has 1 heterocycles. The molecule has 2 amide bonds. The van der Waals surface area contributed by atoms with Crippen molar-refractivity contribution >= 4 is 28.3 Å². The molecule has 0 radical (unpaired) electrons. The van der Waals surface area contributed by atoms with E-state index in [0.717, 1.165) is 39.8 Å². The van der Waals surface area contributed by atoms with Gasteiger partial charge >= 0.3 is 0 Å². The van der Waals surface area contributed by atoms with E-state index in [1.54, 1.807) is 12.0 Å². The second-order valence-corrected chi connectivity index (χ2v) is 7.19. The molecule has 0 aliphatic carbocycles. The third-order valence-electron chi connectivity index (χ3n) is 5.33. The molecule has 5 nitrogen and oxygen atoms in total. The van der Waals surface area contributed by atoms with Gasteiger partial charge in [0.05, 0.1) is 12.8 Å². The van der Waals surface area contributed by atoms with Crippen LogP contribution in [-0.4, -0.2) is 32.0 Å². The van der Waals surface area contributed by atoms with Gasteiger partial charge in [-0.3, -0.25) is 9.59 Å². The molecule has 0 bridgehead atoms. The van der Waals surface area contributed by atoms with Gasteiger partial charge in [0.25, 0.3) is 5.91 Å². The fourth-order valence-corrected chi connectivity index (χ4v) is 3.83. The van der Waals surface area contributed by atoms with Crippen molar-refractivity contribution in [1.29, 1.82) is 0 Å². The molecule has 1 N–H and O–H groups in total. The average Bonchev–Trinajstić information content (AvgIpc) is 3.02. The highest BCUT2D eigenvalue weighted by atomic mass is 16.5. The summed E-state index contributed by atoms with van der Waals surface area (Å²) in [7, 11) is 1.64. The van der Waals surface area contributed by atoms with Crippen LogP contribution in [0.15, 0.2) is 60.7 Å². The normalized spacial score (nSPS) is 12.4. The summed E-state index contributed by atoms with van der Waals surface area (Å²) >= 11 is 0. The number of rotatable bonds is 8. The van der Waals surface area contributed by atoms with Crippen LogP contribution in [0.4, 0.5) is 5.69 Å². The molecule has 0 fully saturated rings. The van der Waals surface area contributed by atoms with Crippen molar-refractivity contribution < 1.29 is 14.3 Å². The molecule has 4 rings (SSSR count). The number of carbonyl (C=O) groups excluding carboxylic acids is 2. The van der Waals surface area contributed by atoms with Gasteiger partial charge in [-0.05, 0) is 48.1 Å². The van der Waals surface area contributed by atoms with Crippen molar-refractivity contribution in [3.05, 3.63) is 71.8 Å². The number of anilines is 1. The lowest BCUT2D eigenvalue weighted by molar-refractivity contribution is -0.121. The Morgan fingerprint density at radius 1 is 1.03 bits per heavy atom. The van der Waals surface area contributed by atoms with E-state index in [0.29, 0.717) is 25.9 Å². The first kappa shape index (κ1) is 19.0. The number of nitrogens with zero attached hydrogens (tertiary/aromatic N) is 1. The molecule has 0 spiro atoms. The minimum atomic E-state index is 0.0147. The van der Waals surface area contributed by atoms with Crippen LogP contribution in [0.5, 0.6) is 5.75 Å². The Kier molecular flexibility index (Phi) is 5.47. The Bertz CT molecular complexity index is 1040.